The summed E-state index contributed by atoms with van der Waals surface area (Å²) in [5.41, 5.74) is 8.43. The number of benzene rings is 8. The molecular formula is C48H29NS3. The maximum absolute atomic E-state index is 2.46. The lowest BCUT2D eigenvalue weighted by Crippen LogP contribution is -2.10. The van der Waals surface area contributed by atoms with E-state index >= 15 is 0 Å². The summed E-state index contributed by atoms with van der Waals surface area (Å²) in [5.74, 6) is 0. The Kier molecular flexibility index (Phi) is 6.84. The molecule has 0 amide bonds. The molecule has 244 valence electrons. The van der Waals surface area contributed by atoms with E-state index in [0.717, 1.165) is 11.4 Å². The molecule has 8 aromatic carbocycles. The van der Waals surface area contributed by atoms with Gasteiger partial charge in [0, 0.05) is 71.9 Å². The van der Waals surface area contributed by atoms with Crippen molar-refractivity contribution in [3.8, 4) is 22.3 Å². The molecule has 0 unspecified atom stereocenters. The highest BCUT2D eigenvalue weighted by molar-refractivity contribution is 7.26. The molecule has 0 saturated heterocycles. The van der Waals surface area contributed by atoms with Crippen LogP contribution in [0.2, 0.25) is 0 Å². The quantitative estimate of drug-likeness (QED) is 0.171. The average Bonchev–Trinajstić information content (AvgIpc) is 3.90. The van der Waals surface area contributed by atoms with Crippen LogP contribution in [0.5, 0.6) is 0 Å². The SMILES string of the molecule is c1cc(-c2cccc3sc4ccccc4c23)cc(N(c2ccc(-c3cccc4sc5ccccc5c34)cc2)c2cccc3sc4ccccc4c23)c1. The normalized spacial score (nSPS) is 11.8. The van der Waals surface area contributed by atoms with Crippen molar-refractivity contribution in [2.75, 3.05) is 4.90 Å². The zero-order valence-electron chi connectivity index (χ0n) is 27.9. The molecule has 4 heteroatoms. The van der Waals surface area contributed by atoms with Crippen molar-refractivity contribution in [1.82, 2.24) is 0 Å². The lowest BCUT2D eigenvalue weighted by Gasteiger charge is -2.27. The van der Waals surface area contributed by atoms with Gasteiger partial charge in [0.2, 0.25) is 0 Å². The number of rotatable bonds is 5. The first-order chi connectivity index (χ1) is 25.8. The zero-order chi connectivity index (χ0) is 34.2. The minimum atomic E-state index is 1.13. The largest absolute Gasteiger partial charge is 0.310 e. The second-order valence-electron chi connectivity index (χ2n) is 13.2. The molecule has 0 N–H and O–H groups in total. The van der Waals surface area contributed by atoms with E-state index in [4.69, 9.17) is 0 Å². The zero-order valence-corrected chi connectivity index (χ0v) is 30.4. The van der Waals surface area contributed by atoms with Gasteiger partial charge in [0.1, 0.15) is 0 Å². The highest BCUT2D eigenvalue weighted by Crippen LogP contribution is 2.47. The van der Waals surface area contributed by atoms with Gasteiger partial charge in [0.25, 0.3) is 0 Å². The average molecular weight is 716 g/mol. The lowest BCUT2D eigenvalue weighted by atomic mass is 9.98. The van der Waals surface area contributed by atoms with E-state index in [1.54, 1.807) is 0 Å². The third-order valence-corrected chi connectivity index (χ3v) is 13.7. The molecule has 52 heavy (non-hydrogen) atoms. The fourth-order valence-electron chi connectivity index (χ4n) is 8.00. The van der Waals surface area contributed by atoms with Crippen LogP contribution in [0.4, 0.5) is 17.1 Å². The van der Waals surface area contributed by atoms with Crippen LogP contribution in [-0.4, -0.2) is 0 Å². The van der Waals surface area contributed by atoms with Gasteiger partial charge < -0.3 is 4.90 Å². The summed E-state index contributed by atoms with van der Waals surface area (Å²) in [4.78, 5) is 2.46. The standard InChI is InChI=1S/C48H29NS3/c1-4-19-40-36(13-1)46-34(16-8-22-43(46)50-40)30-25-27-32(28-26-30)49(39-18-10-24-45-48(39)38-15-3-6-21-42(38)52-45)33-12-7-11-31(29-33)35-17-9-23-44-47(35)37-14-2-5-20-41(37)51-44/h1-29H. The Morgan fingerprint density at radius 3 is 1.37 bits per heavy atom. The van der Waals surface area contributed by atoms with Crippen LogP contribution in [0, 0.1) is 0 Å². The Bertz CT molecular complexity index is 3140. The molecule has 0 bridgehead atoms. The topological polar surface area (TPSA) is 3.24 Å². The Morgan fingerprint density at radius 2 is 0.769 bits per heavy atom. The first-order valence-electron chi connectivity index (χ1n) is 17.5. The molecule has 0 radical (unpaired) electrons. The minimum Gasteiger partial charge on any atom is -0.310 e. The van der Waals surface area contributed by atoms with Crippen LogP contribution >= 0.6 is 34.0 Å². The molecule has 0 aliphatic rings. The van der Waals surface area contributed by atoms with Crippen molar-refractivity contribution >= 4 is 112 Å². The third kappa shape index (κ3) is 4.65. The molecule has 3 aromatic heterocycles. The molecular weight excluding hydrogens is 687 g/mol. The van der Waals surface area contributed by atoms with Crippen molar-refractivity contribution in [1.29, 1.82) is 0 Å². The predicted molar refractivity (Wildman–Crippen MR) is 231 cm³/mol. The van der Waals surface area contributed by atoms with E-state index in [0.29, 0.717) is 0 Å². The third-order valence-electron chi connectivity index (χ3n) is 10.3. The predicted octanol–water partition coefficient (Wildman–Crippen LogP) is 15.6. The van der Waals surface area contributed by atoms with Crippen molar-refractivity contribution in [3.05, 3.63) is 176 Å². The molecule has 0 aliphatic carbocycles. The number of nitrogens with zero attached hydrogens (tertiary/aromatic N) is 1. The summed E-state index contributed by atoms with van der Waals surface area (Å²) in [7, 11) is 0. The molecule has 0 atom stereocenters. The highest BCUT2D eigenvalue weighted by Gasteiger charge is 2.20. The van der Waals surface area contributed by atoms with Crippen LogP contribution in [0.25, 0.3) is 82.8 Å². The van der Waals surface area contributed by atoms with Gasteiger partial charge in [-0.2, -0.15) is 0 Å². The van der Waals surface area contributed by atoms with Crippen LogP contribution < -0.4 is 4.90 Å². The van der Waals surface area contributed by atoms with Gasteiger partial charge in [0.05, 0.1) is 5.69 Å². The number of hydrogen-bond acceptors (Lipinski definition) is 4. The number of hydrogen-bond donors (Lipinski definition) is 0. The summed E-state index contributed by atoms with van der Waals surface area (Å²) in [6, 6.07) is 64.9. The van der Waals surface area contributed by atoms with E-state index in [1.807, 2.05) is 34.0 Å². The van der Waals surface area contributed by atoms with E-state index < -0.39 is 0 Å². The maximum atomic E-state index is 2.46. The van der Waals surface area contributed by atoms with Gasteiger partial charge >= 0.3 is 0 Å². The lowest BCUT2D eigenvalue weighted by molar-refractivity contribution is 1.30. The van der Waals surface area contributed by atoms with Crippen LogP contribution in [0.1, 0.15) is 0 Å². The van der Waals surface area contributed by atoms with Gasteiger partial charge in [-0.05, 0) is 89.0 Å². The molecule has 0 fully saturated rings. The summed E-state index contributed by atoms with van der Waals surface area (Å²) < 4.78 is 7.90. The maximum Gasteiger partial charge on any atom is 0.0554 e. The molecule has 11 rings (SSSR count). The first kappa shape index (κ1) is 29.9. The van der Waals surface area contributed by atoms with Crippen molar-refractivity contribution < 1.29 is 0 Å². The number of anilines is 3. The first-order valence-corrected chi connectivity index (χ1v) is 20.0. The molecule has 0 saturated carbocycles. The van der Waals surface area contributed by atoms with Crippen LogP contribution in [0.15, 0.2) is 176 Å². The summed E-state index contributed by atoms with van der Waals surface area (Å²) in [5, 5.41) is 7.89. The Labute approximate surface area is 312 Å². The Morgan fingerprint density at radius 1 is 0.308 bits per heavy atom. The summed E-state index contributed by atoms with van der Waals surface area (Å²) >= 11 is 5.61. The molecule has 0 spiro atoms. The highest BCUT2D eigenvalue weighted by atomic mass is 32.1. The van der Waals surface area contributed by atoms with Crippen LogP contribution in [-0.2, 0) is 0 Å². The van der Waals surface area contributed by atoms with Gasteiger partial charge in [-0.1, -0.05) is 109 Å². The molecule has 1 nitrogen and oxygen atoms in total. The van der Waals surface area contributed by atoms with E-state index in [9.17, 15) is 0 Å². The summed E-state index contributed by atoms with van der Waals surface area (Å²) in [6.07, 6.45) is 0. The van der Waals surface area contributed by atoms with Gasteiger partial charge in [0.15, 0.2) is 0 Å². The van der Waals surface area contributed by atoms with E-state index in [-0.39, 0.29) is 0 Å². The van der Waals surface area contributed by atoms with Gasteiger partial charge in [-0.15, -0.1) is 34.0 Å². The second kappa shape index (κ2) is 11.9. The summed E-state index contributed by atoms with van der Waals surface area (Å²) in [6.45, 7) is 0. The van der Waals surface area contributed by atoms with Gasteiger partial charge in [-0.25, -0.2) is 0 Å². The van der Waals surface area contributed by atoms with Crippen LogP contribution in [0.3, 0.4) is 0 Å². The van der Waals surface area contributed by atoms with Crippen molar-refractivity contribution in [2.24, 2.45) is 0 Å². The number of thiophene rings is 3. The monoisotopic (exact) mass is 715 g/mol. The fraction of sp³-hybridized carbons (Fsp3) is 0. The molecule has 0 aliphatic heterocycles. The molecule has 11 aromatic rings. The fourth-order valence-corrected chi connectivity index (χ4v) is 11.4. The molecule has 3 heterocycles. The Hall–Kier alpha value is -5.78. The Balaban J connectivity index is 1.12. The van der Waals surface area contributed by atoms with Crippen molar-refractivity contribution in [3.63, 3.8) is 0 Å². The van der Waals surface area contributed by atoms with Gasteiger partial charge in [-0.3, -0.25) is 0 Å². The smallest absolute Gasteiger partial charge is 0.0554 e. The minimum absolute atomic E-state index is 1.13. The van der Waals surface area contributed by atoms with Crippen molar-refractivity contribution in [2.45, 2.75) is 0 Å². The second-order valence-corrected chi connectivity index (χ2v) is 16.5. The number of fused-ring (bicyclic) bond motifs is 9. The van der Waals surface area contributed by atoms with E-state index in [2.05, 4.69) is 181 Å². The van der Waals surface area contributed by atoms with E-state index in [1.165, 1.54) is 88.5 Å².